The standard InChI is InChI=1S/C19H29N5O3S/c1-3-4-16(5-6-20)17-15(2)22-19(28-17)23-18(25)21-7-11-26-12-8-24-9-13-27-14-10-24/h3-6H,1,7-14,20H2,2H3,(H2,21,22,23,25)/b6-5-,16-4+. The maximum atomic E-state index is 12.0. The lowest BCUT2D eigenvalue weighted by Crippen LogP contribution is -2.38. The maximum Gasteiger partial charge on any atom is 0.321 e. The monoisotopic (exact) mass is 407 g/mol. The number of hydrogen-bond donors (Lipinski definition) is 3. The number of allylic oxidation sites excluding steroid dienone is 4. The van der Waals surface area contributed by atoms with E-state index in [0.717, 1.165) is 49.0 Å². The average molecular weight is 408 g/mol. The number of nitrogens with two attached hydrogens (primary N) is 1. The molecule has 2 amide bonds. The first-order valence-electron chi connectivity index (χ1n) is 9.25. The number of urea groups is 1. The summed E-state index contributed by atoms with van der Waals surface area (Å²) >= 11 is 1.39. The van der Waals surface area contributed by atoms with E-state index >= 15 is 0 Å². The molecule has 1 aromatic rings. The molecule has 9 heteroatoms. The third-order valence-electron chi connectivity index (χ3n) is 4.04. The summed E-state index contributed by atoms with van der Waals surface area (Å²) < 4.78 is 10.9. The van der Waals surface area contributed by atoms with Crippen molar-refractivity contribution < 1.29 is 14.3 Å². The predicted octanol–water partition coefficient (Wildman–Crippen LogP) is 1.96. The van der Waals surface area contributed by atoms with Crippen molar-refractivity contribution in [2.45, 2.75) is 6.92 Å². The molecule has 1 aromatic heterocycles. The zero-order valence-corrected chi connectivity index (χ0v) is 17.1. The van der Waals surface area contributed by atoms with Crippen LogP contribution in [0.15, 0.2) is 31.0 Å². The van der Waals surface area contributed by atoms with Gasteiger partial charge in [0.2, 0.25) is 0 Å². The summed E-state index contributed by atoms with van der Waals surface area (Å²) in [5.74, 6) is 0. The topological polar surface area (TPSA) is 102 Å². The molecule has 2 heterocycles. The number of rotatable bonds is 10. The van der Waals surface area contributed by atoms with E-state index in [4.69, 9.17) is 15.2 Å². The van der Waals surface area contributed by atoms with Crippen LogP contribution in [0.25, 0.3) is 5.57 Å². The van der Waals surface area contributed by atoms with E-state index in [1.165, 1.54) is 17.5 Å². The van der Waals surface area contributed by atoms with Crippen LogP contribution in [-0.4, -0.2) is 68.5 Å². The van der Waals surface area contributed by atoms with Crippen molar-refractivity contribution in [1.82, 2.24) is 15.2 Å². The fraction of sp³-hybridized carbons (Fsp3) is 0.474. The lowest BCUT2D eigenvalue weighted by Gasteiger charge is -2.26. The normalized spacial score (nSPS) is 15.7. The Labute approximate surface area is 170 Å². The third-order valence-corrected chi connectivity index (χ3v) is 5.16. The van der Waals surface area contributed by atoms with E-state index in [1.807, 2.05) is 13.0 Å². The Morgan fingerprint density at radius 1 is 1.43 bits per heavy atom. The van der Waals surface area contributed by atoms with Gasteiger partial charge < -0.3 is 20.5 Å². The lowest BCUT2D eigenvalue weighted by atomic mass is 10.2. The van der Waals surface area contributed by atoms with Crippen molar-refractivity contribution in [3.05, 3.63) is 41.6 Å². The zero-order valence-electron chi connectivity index (χ0n) is 16.3. The average Bonchev–Trinajstić information content (AvgIpc) is 3.05. The minimum absolute atomic E-state index is 0.305. The molecule has 0 atom stereocenters. The fourth-order valence-corrected chi connectivity index (χ4v) is 3.62. The van der Waals surface area contributed by atoms with Crippen LogP contribution < -0.4 is 16.4 Å². The van der Waals surface area contributed by atoms with Crippen LogP contribution in [-0.2, 0) is 9.47 Å². The van der Waals surface area contributed by atoms with E-state index < -0.39 is 0 Å². The first-order valence-corrected chi connectivity index (χ1v) is 10.1. The van der Waals surface area contributed by atoms with Gasteiger partial charge in [-0.2, -0.15) is 0 Å². The van der Waals surface area contributed by atoms with Gasteiger partial charge in [0.1, 0.15) is 0 Å². The largest absolute Gasteiger partial charge is 0.405 e. The van der Waals surface area contributed by atoms with Gasteiger partial charge in [-0.25, -0.2) is 9.78 Å². The molecular weight excluding hydrogens is 378 g/mol. The number of morpholine rings is 1. The van der Waals surface area contributed by atoms with Gasteiger partial charge in [-0.3, -0.25) is 10.2 Å². The van der Waals surface area contributed by atoms with Crippen LogP contribution in [0.3, 0.4) is 0 Å². The molecule has 0 aromatic carbocycles. The summed E-state index contributed by atoms with van der Waals surface area (Å²) in [7, 11) is 0. The molecule has 0 saturated carbocycles. The number of hydrogen-bond acceptors (Lipinski definition) is 7. The number of carbonyl (C=O) groups excluding carboxylic acids is 1. The first-order chi connectivity index (χ1) is 13.6. The predicted molar refractivity (Wildman–Crippen MR) is 113 cm³/mol. The van der Waals surface area contributed by atoms with Crippen LogP contribution in [0, 0.1) is 6.92 Å². The smallest absolute Gasteiger partial charge is 0.321 e. The Balaban J connectivity index is 1.69. The van der Waals surface area contributed by atoms with E-state index in [1.54, 1.807) is 12.2 Å². The van der Waals surface area contributed by atoms with Gasteiger partial charge in [-0.1, -0.05) is 30.1 Å². The van der Waals surface area contributed by atoms with E-state index in [0.29, 0.717) is 24.9 Å². The highest BCUT2D eigenvalue weighted by Crippen LogP contribution is 2.30. The highest BCUT2D eigenvalue weighted by atomic mass is 32.1. The van der Waals surface area contributed by atoms with Gasteiger partial charge in [-0.05, 0) is 24.8 Å². The van der Waals surface area contributed by atoms with Crippen LogP contribution in [0.1, 0.15) is 10.6 Å². The van der Waals surface area contributed by atoms with Gasteiger partial charge in [0, 0.05) is 26.2 Å². The number of ether oxygens (including phenoxy) is 2. The molecule has 1 aliphatic heterocycles. The minimum atomic E-state index is -0.305. The number of aromatic nitrogens is 1. The maximum absolute atomic E-state index is 12.0. The van der Waals surface area contributed by atoms with E-state index in [-0.39, 0.29) is 6.03 Å². The van der Waals surface area contributed by atoms with Crippen molar-refractivity contribution in [3.8, 4) is 0 Å². The molecule has 4 N–H and O–H groups in total. The second-order valence-corrected chi connectivity index (χ2v) is 7.10. The van der Waals surface area contributed by atoms with Crippen LogP contribution >= 0.6 is 11.3 Å². The van der Waals surface area contributed by atoms with Crippen LogP contribution in [0.5, 0.6) is 0 Å². The summed E-state index contributed by atoms with van der Waals surface area (Å²) in [6.07, 6.45) is 6.78. The van der Waals surface area contributed by atoms with Crippen molar-refractivity contribution in [3.63, 3.8) is 0 Å². The molecular formula is C19H29N5O3S. The molecule has 0 radical (unpaired) electrons. The van der Waals surface area contributed by atoms with Gasteiger partial charge in [0.05, 0.1) is 37.0 Å². The molecule has 0 unspecified atom stereocenters. The van der Waals surface area contributed by atoms with E-state index in [9.17, 15) is 4.79 Å². The second kappa shape index (κ2) is 12.3. The quantitative estimate of drug-likeness (QED) is 0.405. The Hall–Kier alpha value is -2.20. The van der Waals surface area contributed by atoms with Crippen LogP contribution in [0.2, 0.25) is 0 Å². The second-order valence-electron chi connectivity index (χ2n) is 6.10. The summed E-state index contributed by atoms with van der Waals surface area (Å²) in [6, 6.07) is -0.305. The Kier molecular flexibility index (Phi) is 9.70. The van der Waals surface area contributed by atoms with Crippen molar-refractivity contribution in [2.75, 3.05) is 57.9 Å². The van der Waals surface area contributed by atoms with Crippen molar-refractivity contribution in [1.29, 1.82) is 0 Å². The number of nitrogens with one attached hydrogen (secondary N) is 2. The Morgan fingerprint density at radius 3 is 2.93 bits per heavy atom. The number of nitrogens with zero attached hydrogens (tertiary/aromatic N) is 2. The highest BCUT2D eigenvalue weighted by Gasteiger charge is 2.12. The fourth-order valence-electron chi connectivity index (χ4n) is 2.65. The third kappa shape index (κ3) is 7.43. The summed E-state index contributed by atoms with van der Waals surface area (Å²) in [5.41, 5.74) is 7.21. The molecule has 0 bridgehead atoms. The van der Waals surface area contributed by atoms with Gasteiger partial charge >= 0.3 is 6.03 Å². The SMILES string of the molecule is C=C/C=C(\C=C/N)c1sc(NC(=O)NCCOCCN2CCOCC2)nc1C. The number of amides is 2. The molecule has 1 fully saturated rings. The summed E-state index contributed by atoms with van der Waals surface area (Å²) in [6.45, 7) is 11.5. The molecule has 1 saturated heterocycles. The zero-order chi connectivity index (χ0) is 20.2. The van der Waals surface area contributed by atoms with Gasteiger partial charge in [0.25, 0.3) is 0 Å². The molecule has 2 rings (SSSR count). The van der Waals surface area contributed by atoms with Crippen LogP contribution in [0.4, 0.5) is 9.93 Å². The molecule has 0 aliphatic carbocycles. The minimum Gasteiger partial charge on any atom is -0.405 e. The number of anilines is 1. The first kappa shape index (κ1) is 22.1. The number of aryl methyl sites for hydroxylation is 1. The van der Waals surface area contributed by atoms with Crippen molar-refractivity contribution >= 4 is 28.1 Å². The number of carbonyl (C=O) groups is 1. The molecule has 28 heavy (non-hydrogen) atoms. The van der Waals surface area contributed by atoms with Gasteiger partial charge in [-0.15, -0.1) is 0 Å². The van der Waals surface area contributed by atoms with Crippen molar-refractivity contribution in [2.24, 2.45) is 5.73 Å². The lowest BCUT2D eigenvalue weighted by molar-refractivity contribution is 0.0209. The summed E-state index contributed by atoms with van der Waals surface area (Å²) in [4.78, 5) is 19.7. The molecule has 0 spiro atoms. The van der Waals surface area contributed by atoms with E-state index in [2.05, 4.69) is 27.1 Å². The van der Waals surface area contributed by atoms with Gasteiger partial charge in [0.15, 0.2) is 5.13 Å². The molecule has 8 nitrogen and oxygen atoms in total. The molecule has 154 valence electrons. The number of thiazole rings is 1. The molecule has 1 aliphatic rings. The summed E-state index contributed by atoms with van der Waals surface area (Å²) in [5, 5.41) is 6.05. The highest BCUT2D eigenvalue weighted by molar-refractivity contribution is 7.17. The Morgan fingerprint density at radius 2 is 2.21 bits per heavy atom. The Bertz CT molecular complexity index is 696.